The van der Waals surface area contributed by atoms with Crippen LogP contribution in [0.1, 0.15) is 32.8 Å². The highest BCUT2D eigenvalue weighted by molar-refractivity contribution is 5.67. The first kappa shape index (κ1) is 17.4. The van der Waals surface area contributed by atoms with E-state index in [1.807, 2.05) is 0 Å². The van der Waals surface area contributed by atoms with E-state index in [1.165, 1.54) is 12.3 Å². The lowest BCUT2D eigenvalue weighted by molar-refractivity contribution is -0.384. The van der Waals surface area contributed by atoms with Gasteiger partial charge in [-0.05, 0) is 32.8 Å². The highest BCUT2D eigenvalue weighted by Gasteiger charge is 2.15. The van der Waals surface area contributed by atoms with Crippen molar-refractivity contribution in [3.8, 4) is 0 Å². The minimum atomic E-state index is -0.580. The Balaban J connectivity index is 2.45. The molecule has 1 amide bonds. The van der Waals surface area contributed by atoms with Crippen molar-refractivity contribution in [2.75, 3.05) is 12.3 Å². The van der Waals surface area contributed by atoms with Gasteiger partial charge in [-0.2, -0.15) is 0 Å². The van der Waals surface area contributed by atoms with E-state index in [0.717, 1.165) is 0 Å². The molecule has 0 aliphatic heterocycles. The summed E-state index contributed by atoms with van der Waals surface area (Å²) in [4.78, 5) is 25.3. The molecule has 1 rings (SSSR count). The molecule has 0 spiro atoms. The van der Waals surface area contributed by atoms with Gasteiger partial charge in [-0.1, -0.05) is 12.2 Å². The van der Waals surface area contributed by atoms with Crippen LogP contribution in [-0.2, 0) is 4.74 Å². The van der Waals surface area contributed by atoms with E-state index in [0.29, 0.717) is 18.5 Å². The summed E-state index contributed by atoms with van der Waals surface area (Å²) < 4.78 is 5.08. The molecule has 8 heteroatoms. The molecule has 1 heterocycles. The molecular formula is C14H20N4O4. The monoisotopic (exact) mass is 308 g/mol. The molecule has 0 saturated carbocycles. The number of amides is 1. The second kappa shape index (κ2) is 7.39. The molecule has 8 nitrogen and oxygen atoms in total. The fraction of sp³-hybridized carbons (Fsp3) is 0.429. The van der Waals surface area contributed by atoms with Gasteiger partial charge in [-0.3, -0.25) is 10.1 Å². The highest BCUT2D eigenvalue weighted by Crippen LogP contribution is 2.20. The van der Waals surface area contributed by atoms with Crippen molar-refractivity contribution in [1.29, 1.82) is 0 Å². The van der Waals surface area contributed by atoms with Crippen molar-refractivity contribution in [3.05, 3.63) is 34.0 Å². The van der Waals surface area contributed by atoms with Gasteiger partial charge in [0.25, 0.3) is 0 Å². The number of alkyl carbamates (subject to hydrolysis) is 1. The highest BCUT2D eigenvalue weighted by atomic mass is 16.6. The van der Waals surface area contributed by atoms with Crippen molar-refractivity contribution in [2.24, 2.45) is 0 Å². The summed E-state index contributed by atoms with van der Waals surface area (Å²) in [6.07, 6.45) is 4.97. The van der Waals surface area contributed by atoms with Gasteiger partial charge in [-0.25, -0.2) is 9.78 Å². The Morgan fingerprint density at radius 1 is 1.55 bits per heavy atom. The third kappa shape index (κ3) is 6.21. The maximum absolute atomic E-state index is 11.4. The fourth-order valence-electron chi connectivity index (χ4n) is 1.51. The third-order valence-corrected chi connectivity index (χ3v) is 2.40. The van der Waals surface area contributed by atoms with Crippen molar-refractivity contribution in [1.82, 2.24) is 10.3 Å². The zero-order valence-electron chi connectivity index (χ0n) is 12.8. The predicted molar refractivity (Wildman–Crippen MR) is 83.2 cm³/mol. The smallest absolute Gasteiger partial charge is 0.407 e. The van der Waals surface area contributed by atoms with Gasteiger partial charge in [0.1, 0.15) is 5.60 Å². The van der Waals surface area contributed by atoms with E-state index in [2.05, 4.69) is 10.3 Å². The van der Waals surface area contributed by atoms with Gasteiger partial charge in [0.2, 0.25) is 5.82 Å². The Kier molecular flexibility index (Phi) is 5.85. The number of nitrogens with two attached hydrogens (primary N) is 1. The van der Waals surface area contributed by atoms with Crippen LogP contribution in [0.4, 0.5) is 16.3 Å². The van der Waals surface area contributed by atoms with E-state index in [-0.39, 0.29) is 11.5 Å². The topological polar surface area (TPSA) is 120 Å². The number of hydrogen-bond donors (Lipinski definition) is 2. The van der Waals surface area contributed by atoms with Gasteiger partial charge in [0, 0.05) is 18.8 Å². The number of nitrogens with zero attached hydrogens (tertiary/aromatic N) is 2. The van der Waals surface area contributed by atoms with Crippen molar-refractivity contribution < 1.29 is 14.5 Å². The lowest BCUT2D eigenvalue weighted by Crippen LogP contribution is -2.32. The molecule has 0 bridgehead atoms. The largest absolute Gasteiger partial charge is 0.444 e. The summed E-state index contributed by atoms with van der Waals surface area (Å²) in [6.45, 7) is 5.75. The molecule has 0 atom stereocenters. The first-order valence-corrected chi connectivity index (χ1v) is 6.72. The maximum Gasteiger partial charge on any atom is 0.407 e. The molecule has 0 aliphatic rings. The van der Waals surface area contributed by atoms with Gasteiger partial charge in [-0.15, -0.1) is 0 Å². The number of nitrogens with one attached hydrogen (secondary N) is 1. The number of pyridine rings is 1. The Hall–Kier alpha value is -2.64. The normalized spacial score (nSPS) is 11.4. The number of hydrogen-bond acceptors (Lipinski definition) is 6. The summed E-state index contributed by atoms with van der Waals surface area (Å²) in [5.74, 6) is -0.117. The molecule has 3 N–H and O–H groups in total. The van der Waals surface area contributed by atoms with Crippen molar-refractivity contribution in [3.63, 3.8) is 0 Å². The first-order valence-electron chi connectivity index (χ1n) is 6.72. The summed E-state index contributed by atoms with van der Waals surface area (Å²) in [6, 6.07) is 1.35. The molecular weight excluding hydrogens is 288 g/mol. The molecule has 120 valence electrons. The molecule has 0 aromatic carbocycles. The fourth-order valence-corrected chi connectivity index (χ4v) is 1.51. The molecule has 0 saturated heterocycles. The van der Waals surface area contributed by atoms with E-state index < -0.39 is 16.6 Å². The lowest BCUT2D eigenvalue weighted by Gasteiger charge is -2.19. The van der Waals surface area contributed by atoms with Gasteiger partial charge in [0.05, 0.1) is 4.92 Å². The van der Waals surface area contributed by atoms with E-state index >= 15 is 0 Å². The Labute approximate surface area is 128 Å². The average molecular weight is 308 g/mol. The van der Waals surface area contributed by atoms with E-state index in [9.17, 15) is 14.9 Å². The van der Waals surface area contributed by atoms with Crippen molar-refractivity contribution >= 4 is 23.7 Å². The number of ether oxygens (including phenoxy) is 1. The molecule has 1 aromatic rings. The molecule has 0 radical (unpaired) electrons. The SMILES string of the molecule is CC(C)(C)OC(=O)NCCC=Cc1cnc(N)c([N+](=O)[O-])c1. The summed E-state index contributed by atoms with van der Waals surface area (Å²) >= 11 is 0. The summed E-state index contributed by atoms with van der Waals surface area (Å²) in [5, 5.41) is 13.3. The number of carbonyl (C=O) groups is 1. The number of rotatable bonds is 5. The number of anilines is 1. The third-order valence-electron chi connectivity index (χ3n) is 2.40. The second-order valence-corrected chi connectivity index (χ2v) is 5.55. The number of aromatic nitrogens is 1. The summed E-state index contributed by atoms with van der Waals surface area (Å²) in [5.41, 5.74) is 5.22. The maximum atomic E-state index is 11.4. The van der Waals surface area contributed by atoms with E-state index in [4.69, 9.17) is 10.5 Å². The standard InChI is InChI=1S/C14H20N4O4/c1-14(2,3)22-13(19)16-7-5-4-6-10-8-11(18(20)21)12(15)17-9-10/h4,6,8-9H,5,7H2,1-3H3,(H2,15,17)(H,16,19). The molecule has 0 aliphatic carbocycles. The molecule has 0 fully saturated rings. The van der Waals surface area contributed by atoms with Crippen LogP contribution in [0.15, 0.2) is 18.3 Å². The Bertz CT molecular complexity index is 579. The van der Waals surface area contributed by atoms with Crippen LogP contribution in [0.5, 0.6) is 0 Å². The Morgan fingerprint density at radius 2 is 2.23 bits per heavy atom. The zero-order valence-corrected chi connectivity index (χ0v) is 12.8. The molecule has 22 heavy (non-hydrogen) atoms. The number of carbonyl (C=O) groups excluding carboxylic acids is 1. The predicted octanol–water partition coefficient (Wildman–Crippen LogP) is 2.50. The second-order valence-electron chi connectivity index (χ2n) is 5.55. The van der Waals surface area contributed by atoms with Crippen LogP contribution in [0.25, 0.3) is 6.08 Å². The van der Waals surface area contributed by atoms with E-state index in [1.54, 1.807) is 32.9 Å². The van der Waals surface area contributed by atoms with Gasteiger partial charge < -0.3 is 15.8 Å². The average Bonchev–Trinajstić information content (AvgIpc) is 2.37. The summed E-state index contributed by atoms with van der Waals surface area (Å²) in [7, 11) is 0. The minimum absolute atomic E-state index is 0.117. The van der Waals surface area contributed by atoms with Crippen LogP contribution in [0.3, 0.4) is 0 Å². The number of nitrogen functional groups attached to an aromatic ring is 1. The van der Waals surface area contributed by atoms with Crippen LogP contribution in [-0.4, -0.2) is 28.1 Å². The van der Waals surface area contributed by atoms with Crippen LogP contribution < -0.4 is 11.1 Å². The molecule has 1 aromatic heterocycles. The van der Waals surface area contributed by atoms with Gasteiger partial charge >= 0.3 is 11.8 Å². The minimum Gasteiger partial charge on any atom is -0.444 e. The zero-order chi connectivity index (χ0) is 16.8. The lowest BCUT2D eigenvalue weighted by atomic mass is 10.2. The van der Waals surface area contributed by atoms with Crippen LogP contribution in [0, 0.1) is 10.1 Å². The quantitative estimate of drug-likeness (QED) is 0.490. The van der Waals surface area contributed by atoms with Gasteiger partial charge in [0.15, 0.2) is 0 Å². The van der Waals surface area contributed by atoms with Crippen molar-refractivity contribution in [2.45, 2.75) is 32.8 Å². The Morgan fingerprint density at radius 3 is 2.82 bits per heavy atom. The van der Waals surface area contributed by atoms with Crippen LogP contribution in [0.2, 0.25) is 0 Å². The van der Waals surface area contributed by atoms with Crippen LogP contribution >= 0.6 is 0 Å². The first-order chi connectivity index (χ1) is 10.2. The molecule has 0 unspecified atom stereocenters. The number of nitro groups is 1.